The van der Waals surface area contributed by atoms with Crippen LogP contribution in [0, 0.1) is 0 Å². The van der Waals surface area contributed by atoms with E-state index < -0.39 is 44.3 Å². The van der Waals surface area contributed by atoms with Gasteiger partial charge in [0.1, 0.15) is 11.4 Å². The monoisotopic (exact) mass is 412 g/mol. The minimum atomic E-state index is -1.81. The number of carbonyl (C=O) groups is 2. The zero-order chi connectivity index (χ0) is 18.8. The second-order valence-corrected chi connectivity index (χ2v) is 3.65. The van der Waals surface area contributed by atoms with Gasteiger partial charge in [0.05, 0.1) is 0 Å². The third kappa shape index (κ3) is 14.5. The van der Waals surface area contributed by atoms with Gasteiger partial charge in [-0.2, -0.15) is 0 Å². The summed E-state index contributed by atoms with van der Waals surface area (Å²) in [5.41, 5.74) is 0.162. The summed E-state index contributed by atoms with van der Waals surface area (Å²) in [4.78, 5) is 27.4. The zero-order valence-corrected chi connectivity index (χ0v) is 14.5. The number of pyridine rings is 2. The molecule has 2 rings (SSSR count). The van der Waals surface area contributed by atoms with E-state index in [-0.39, 0.29) is 11.4 Å². The van der Waals surface area contributed by atoms with Gasteiger partial charge in [-0.05, 0) is 24.3 Å². The second kappa shape index (κ2) is 17.0. The van der Waals surface area contributed by atoms with Crippen LogP contribution in [0.2, 0.25) is 0 Å². The van der Waals surface area contributed by atoms with Crippen LogP contribution in [0.5, 0.6) is 0 Å². The molecule has 0 bridgehead atoms. The summed E-state index contributed by atoms with van der Waals surface area (Å²) in [5.74, 6) is -1.98. The summed E-state index contributed by atoms with van der Waals surface area (Å²) >= 11 is -3.62. The van der Waals surface area contributed by atoms with E-state index in [1.165, 1.54) is 24.5 Å². The third-order valence-electron chi connectivity index (χ3n) is 1.77. The Morgan fingerprint density at radius 3 is 1.12 bits per heavy atom. The molecule has 0 atom stereocenters. The molecule has 0 aliphatic rings. The number of aromatic carboxylic acids is 2. The molecule has 2 N–H and O–H groups in total. The van der Waals surface area contributed by atoms with E-state index in [1.807, 2.05) is 0 Å². The van der Waals surface area contributed by atoms with E-state index in [2.05, 4.69) is 9.97 Å². The van der Waals surface area contributed by atoms with Gasteiger partial charge in [0, 0.05) is 12.4 Å². The topological polar surface area (TPSA) is 169 Å². The van der Waals surface area contributed by atoms with Crippen LogP contribution >= 0.6 is 0 Å². The molecule has 2 heterocycles. The number of carboxylic acids is 2. The first-order chi connectivity index (χ1) is 11.4. The molecule has 0 aliphatic carbocycles. The molecule has 0 spiro atoms. The Bertz CT molecular complexity index is 623. The van der Waals surface area contributed by atoms with Gasteiger partial charge < -0.3 is 10.2 Å². The van der Waals surface area contributed by atoms with Crippen molar-refractivity contribution in [3.8, 4) is 0 Å². The van der Waals surface area contributed by atoms with Crippen molar-refractivity contribution in [2.75, 3.05) is 0 Å². The van der Waals surface area contributed by atoms with Crippen molar-refractivity contribution in [2.24, 2.45) is 0 Å². The standard InChI is InChI=1S/2C6H5NO2.4O.2V/c2*8-6(9)5-3-1-2-4-7-5;;;;;;/h2*1-4H,(H,8,9);;;;;;. The minimum absolute atomic E-state index is 0.0810. The summed E-state index contributed by atoms with van der Waals surface area (Å²) in [6.07, 6.45) is 2.90. The summed E-state index contributed by atoms with van der Waals surface area (Å²) in [6, 6.07) is 9.51. The molecule has 24 heavy (non-hydrogen) atoms. The molecule has 0 fully saturated rings. The molecule has 0 aromatic carbocycles. The predicted octanol–water partition coefficient (Wildman–Crippen LogP) is 1.08. The molecule has 12 heteroatoms. The normalized spacial score (nSPS) is 7.33. The van der Waals surface area contributed by atoms with Gasteiger partial charge in [-0.1, -0.05) is 12.1 Å². The van der Waals surface area contributed by atoms with Gasteiger partial charge in [0.2, 0.25) is 0 Å². The Morgan fingerprint density at radius 1 is 0.708 bits per heavy atom. The third-order valence-corrected chi connectivity index (χ3v) is 1.77. The van der Waals surface area contributed by atoms with Crippen LogP contribution in [0.1, 0.15) is 21.0 Å². The van der Waals surface area contributed by atoms with Crippen LogP contribution in [0.3, 0.4) is 0 Å². The fraction of sp³-hybridized carbons (Fsp3) is 0. The van der Waals surface area contributed by atoms with E-state index in [4.69, 9.17) is 24.9 Å². The van der Waals surface area contributed by atoms with Crippen LogP contribution < -0.4 is 0 Å². The number of aromatic nitrogens is 2. The SMILES string of the molecule is O=C(O)c1ccccn1.O=C(O)c1ccccn1.[O]=[V]=[O].[O]=[V]=[O]. The Hall–Kier alpha value is -2.39. The predicted molar refractivity (Wildman–Crippen MR) is 65.1 cm³/mol. The summed E-state index contributed by atoms with van der Waals surface area (Å²) in [6.45, 7) is 0. The average molecular weight is 412 g/mol. The first-order valence-corrected chi connectivity index (χ1v) is 7.91. The molecule has 2 aromatic rings. The van der Waals surface area contributed by atoms with Crippen LogP contribution in [0.4, 0.5) is 0 Å². The van der Waals surface area contributed by atoms with Crippen molar-refractivity contribution in [2.45, 2.75) is 0 Å². The van der Waals surface area contributed by atoms with Crippen LogP contribution in [-0.2, 0) is 47.1 Å². The average Bonchev–Trinajstić information content (AvgIpc) is 2.58. The van der Waals surface area contributed by atoms with Crippen molar-refractivity contribution in [3.05, 3.63) is 60.2 Å². The van der Waals surface area contributed by atoms with Gasteiger partial charge in [0.15, 0.2) is 0 Å². The molecular weight excluding hydrogens is 402 g/mol. The number of hydrogen-bond acceptors (Lipinski definition) is 8. The molecule has 10 nitrogen and oxygen atoms in total. The number of hydrogen-bond donors (Lipinski definition) is 2. The summed E-state index contributed by atoms with van der Waals surface area (Å²) < 4.78 is 33.9. The first-order valence-electron chi connectivity index (χ1n) is 5.63. The van der Waals surface area contributed by atoms with Gasteiger partial charge in [-0.3, -0.25) is 0 Å². The Labute approximate surface area is 149 Å². The fourth-order valence-corrected chi connectivity index (χ4v) is 0.979. The number of nitrogens with zero attached hydrogens (tertiary/aromatic N) is 2. The van der Waals surface area contributed by atoms with Crippen LogP contribution in [0.25, 0.3) is 0 Å². The zero-order valence-electron chi connectivity index (χ0n) is 11.8. The van der Waals surface area contributed by atoms with Gasteiger partial charge >= 0.3 is 59.0 Å². The van der Waals surface area contributed by atoms with Gasteiger partial charge in [0.25, 0.3) is 0 Å². The van der Waals surface area contributed by atoms with Crippen molar-refractivity contribution in [3.63, 3.8) is 0 Å². The summed E-state index contributed by atoms with van der Waals surface area (Å²) in [7, 11) is 0. The number of rotatable bonds is 2. The molecule has 2 aromatic heterocycles. The van der Waals surface area contributed by atoms with E-state index in [9.17, 15) is 9.59 Å². The molecular formula is C12H10N2O8V2. The van der Waals surface area contributed by atoms with E-state index in [1.54, 1.807) is 24.3 Å². The Balaban J connectivity index is 0. The maximum absolute atomic E-state index is 10.1. The molecule has 0 saturated carbocycles. The molecule has 0 saturated heterocycles. The van der Waals surface area contributed by atoms with Crippen LogP contribution in [-0.4, -0.2) is 32.1 Å². The van der Waals surface area contributed by atoms with E-state index in [0.29, 0.717) is 0 Å². The van der Waals surface area contributed by atoms with Crippen LogP contribution in [0.15, 0.2) is 48.8 Å². The van der Waals surface area contributed by atoms with Crippen molar-refractivity contribution in [1.82, 2.24) is 9.97 Å². The van der Waals surface area contributed by atoms with E-state index in [0.717, 1.165) is 0 Å². The van der Waals surface area contributed by atoms with Crippen molar-refractivity contribution < 1.29 is 66.9 Å². The number of carboxylic acid groups (broad SMARTS) is 2. The molecule has 0 aliphatic heterocycles. The molecule has 0 radical (unpaired) electrons. The van der Waals surface area contributed by atoms with Crippen molar-refractivity contribution >= 4 is 11.9 Å². The fourth-order valence-electron chi connectivity index (χ4n) is 0.979. The Morgan fingerprint density at radius 2 is 1.00 bits per heavy atom. The molecule has 0 amide bonds. The first kappa shape index (κ1) is 23.9. The molecule has 0 unspecified atom stereocenters. The Kier molecular flexibility index (Phi) is 16.9. The summed E-state index contributed by atoms with van der Waals surface area (Å²) in [5, 5.41) is 16.6. The quantitative estimate of drug-likeness (QED) is 0.728. The molecule has 126 valence electrons. The van der Waals surface area contributed by atoms with Gasteiger partial charge in [-0.15, -0.1) is 0 Å². The van der Waals surface area contributed by atoms with Crippen molar-refractivity contribution in [1.29, 1.82) is 0 Å². The van der Waals surface area contributed by atoms with E-state index >= 15 is 0 Å². The maximum atomic E-state index is 10.1. The second-order valence-electron chi connectivity index (χ2n) is 3.19. The van der Waals surface area contributed by atoms with Gasteiger partial charge in [-0.25, -0.2) is 19.6 Å².